The average Bonchev–Trinajstić information content (AvgIpc) is 2.74. The molecule has 3 N–H and O–H groups in total. The summed E-state index contributed by atoms with van der Waals surface area (Å²) in [6, 6.07) is 15.1. The van der Waals surface area contributed by atoms with Gasteiger partial charge in [-0.15, -0.1) is 0 Å². The number of benzene rings is 3. The molecule has 0 bridgehead atoms. The number of carbonyl (C=O) groups is 2. The topological polar surface area (TPSA) is 104 Å². The van der Waals surface area contributed by atoms with Crippen LogP contribution in [0.1, 0.15) is 59.0 Å². The first-order chi connectivity index (χ1) is 15.5. The number of carbonyl (C=O) groups excluding carboxylic acids is 1. The third-order valence-electron chi connectivity index (χ3n) is 5.25. The first-order valence-electron chi connectivity index (χ1n) is 10.6. The van der Waals surface area contributed by atoms with Gasteiger partial charge in [-0.05, 0) is 59.4 Å². The summed E-state index contributed by atoms with van der Waals surface area (Å²) in [5.41, 5.74) is 2.71. The van der Waals surface area contributed by atoms with Crippen LogP contribution in [0.25, 0.3) is 11.1 Å². The van der Waals surface area contributed by atoms with Crippen molar-refractivity contribution in [2.75, 3.05) is 0 Å². The number of hydrogen-bond acceptors (Lipinski definition) is 5. The van der Waals surface area contributed by atoms with Crippen LogP contribution in [0.15, 0.2) is 54.6 Å². The normalized spacial score (nSPS) is 11.3. The van der Waals surface area contributed by atoms with Crippen molar-refractivity contribution in [3.05, 3.63) is 76.9 Å². The highest BCUT2D eigenvalue weighted by Gasteiger charge is 2.21. The quantitative estimate of drug-likeness (QED) is 0.385. The van der Waals surface area contributed by atoms with Crippen LogP contribution in [0.4, 0.5) is 0 Å². The van der Waals surface area contributed by atoms with Gasteiger partial charge in [0.15, 0.2) is 5.78 Å². The molecule has 3 aromatic carbocycles. The number of aromatic hydroxyl groups is 2. The van der Waals surface area contributed by atoms with Gasteiger partial charge in [-0.25, -0.2) is 4.79 Å². The molecule has 6 nitrogen and oxygen atoms in total. The molecule has 0 atom stereocenters. The Labute approximate surface area is 193 Å². The Bertz CT molecular complexity index is 1200. The number of phenols is 2. The summed E-state index contributed by atoms with van der Waals surface area (Å²) in [5, 5.41) is 29.5. The number of phenolic OH excluding ortho intramolecular Hbond substituents is 1. The summed E-state index contributed by atoms with van der Waals surface area (Å²) in [7, 11) is 0. The van der Waals surface area contributed by atoms with Crippen molar-refractivity contribution >= 4 is 11.8 Å². The molecule has 33 heavy (non-hydrogen) atoms. The van der Waals surface area contributed by atoms with E-state index < -0.39 is 5.97 Å². The van der Waals surface area contributed by atoms with Gasteiger partial charge in [0.05, 0.1) is 5.56 Å². The fraction of sp³-hybridized carbons (Fsp3) is 0.259. The Morgan fingerprint density at radius 1 is 0.909 bits per heavy atom. The summed E-state index contributed by atoms with van der Waals surface area (Å²) < 4.78 is 5.91. The molecule has 0 amide bonds. The Morgan fingerprint density at radius 3 is 2.27 bits per heavy atom. The summed E-state index contributed by atoms with van der Waals surface area (Å²) in [6.45, 7) is 7.84. The minimum absolute atomic E-state index is 0.0687. The minimum atomic E-state index is -1.20. The molecule has 3 rings (SSSR count). The van der Waals surface area contributed by atoms with Gasteiger partial charge >= 0.3 is 5.97 Å². The predicted octanol–water partition coefficient (Wildman–Crippen LogP) is 5.97. The zero-order valence-electron chi connectivity index (χ0n) is 19.2. The lowest BCUT2D eigenvalue weighted by atomic mass is 9.87. The van der Waals surface area contributed by atoms with Crippen molar-refractivity contribution in [3.63, 3.8) is 0 Å². The van der Waals surface area contributed by atoms with E-state index >= 15 is 0 Å². The van der Waals surface area contributed by atoms with E-state index in [1.165, 1.54) is 12.1 Å². The standard InChI is InChI=1S/C27H28O6/c1-16-24(11-9-20(25(16)30)23(29)14-27(2,3)4)33-15-17-6-5-7-18(12-17)19-8-10-22(28)21(13-19)26(31)32/h5-13,28,30H,14-15H2,1-4H3,(H,31,32). The summed E-state index contributed by atoms with van der Waals surface area (Å²) >= 11 is 0. The average molecular weight is 449 g/mol. The zero-order chi connectivity index (χ0) is 24.3. The molecule has 172 valence electrons. The number of Topliss-reactive ketones (excluding diaryl/α,β-unsaturated/α-hetero) is 1. The molecule has 0 aliphatic rings. The smallest absolute Gasteiger partial charge is 0.339 e. The molecule has 6 heteroatoms. The number of aromatic carboxylic acids is 1. The fourth-order valence-electron chi connectivity index (χ4n) is 3.53. The van der Waals surface area contributed by atoms with E-state index in [1.54, 1.807) is 25.1 Å². The molecule has 0 aliphatic heterocycles. The van der Waals surface area contributed by atoms with Crippen molar-refractivity contribution in [1.29, 1.82) is 0 Å². The second-order valence-corrected chi connectivity index (χ2v) is 9.27. The lowest BCUT2D eigenvalue weighted by Crippen LogP contribution is -2.13. The van der Waals surface area contributed by atoms with Crippen LogP contribution in [-0.4, -0.2) is 27.1 Å². The van der Waals surface area contributed by atoms with E-state index in [0.717, 1.165) is 11.1 Å². The molecule has 0 spiro atoms. The van der Waals surface area contributed by atoms with E-state index in [4.69, 9.17) is 4.74 Å². The zero-order valence-corrected chi connectivity index (χ0v) is 19.2. The van der Waals surface area contributed by atoms with Crippen molar-refractivity contribution < 1.29 is 29.6 Å². The van der Waals surface area contributed by atoms with Gasteiger partial charge in [0.2, 0.25) is 0 Å². The van der Waals surface area contributed by atoms with Crippen LogP contribution < -0.4 is 4.74 Å². The number of rotatable bonds is 7. The third kappa shape index (κ3) is 5.71. The van der Waals surface area contributed by atoms with Gasteiger partial charge in [-0.2, -0.15) is 0 Å². The molecule has 0 aromatic heterocycles. The Morgan fingerprint density at radius 2 is 1.61 bits per heavy atom. The van der Waals surface area contributed by atoms with E-state index in [-0.39, 0.29) is 34.9 Å². The molecule has 0 fully saturated rings. The van der Waals surface area contributed by atoms with E-state index in [1.807, 2.05) is 45.0 Å². The van der Waals surface area contributed by atoms with Gasteiger partial charge in [-0.3, -0.25) is 4.79 Å². The van der Waals surface area contributed by atoms with Gasteiger partial charge in [0.1, 0.15) is 29.4 Å². The van der Waals surface area contributed by atoms with Crippen LogP contribution in [0.3, 0.4) is 0 Å². The minimum Gasteiger partial charge on any atom is -0.507 e. The number of hydrogen-bond donors (Lipinski definition) is 3. The summed E-state index contributed by atoms with van der Waals surface area (Å²) in [5.74, 6) is -1.19. The Kier molecular flexibility index (Phi) is 6.77. The van der Waals surface area contributed by atoms with Crippen molar-refractivity contribution in [2.45, 2.75) is 40.7 Å². The first kappa shape index (κ1) is 23.9. The Balaban J connectivity index is 1.79. The van der Waals surface area contributed by atoms with E-state index in [0.29, 0.717) is 28.9 Å². The number of carboxylic acids is 1. The molecule has 0 radical (unpaired) electrons. The molecule has 0 saturated heterocycles. The van der Waals surface area contributed by atoms with Crippen LogP contribution in [0.2, 0.25) is 0 Å². The maximum Gasteiger partial charge on any atom is 0.339 e. The highest BCUT2D eigenvalue weighted by molar-refractivity contribution is 5.99. The molecule has 3 aromatic rings. The summed E-state index contributed by atoms with van der Waals surface area (Å²) in [4.78, 5) is 23.8. The van der Waals surface area contributed by atoms with Crippen LogP contribution in [0, 0.1) is 12.3 Å². The molecule has 0 heterocycles. The summed E-state index contributed by atoms with van der Waals surface area (Å²) in [6.07, 6.45) is 0.327. The maximum absolute atomic E-state index is 12.5. The molecular weight excluding hydrogens is 420 g/mol. The Hall–Kier alpha value is -3.80. The molecule has 0 aliphatic carbocycles. The largest absolute Gasteiger partial charge is 0.507 e. The highest BCUT2D eigenvalue weighted by atomic mass is 16.5. The number of carboxylic acid groups (broad SMARTS) is 1. The van der Waals surface area contributed by atoms with E-state index in [2.05, 4.69) is 0 Å². The van der Waals surface area contributed by atoms with Gasteiger partial charge in [0, 0.05) is 12.0 Å². The third-order valence-corrected chi connectivity index (χ3v) is 5.25. The lowest BCUT2D eigenvalue weighted by molar-refractivity contribution is 0.0693. The lowest BCUT2D eigenvalue weighted by Gasteiger charge is -2.18. The van der Waals surface area contributed by atoms with Gasteiger partial charge in [0.25, 0.3) is 0 Å². The van der Waals surface area contributed by atoms with Crippen molar-refractivity contribution in [2.24, 2.45) is 5.41 Å². The maximum atomic E-state index is 12.5. The number of ether oxygens (including phenoxy) is 1. The predicted molar refractivity (Wildman–Crippen MR) is 126 cm³/mol. The van der Waals surface area contributed by atoms with Crippen LogP contribution >= 0.6 is 0 Å². The molecule has 0 unspecified atom stereocenters. The van der Waals surface area contributed by atoms with Crippen LogP contribution in [0.5, 0.6) is 17.2 Å². The highest BCUT2D eigenvalue weighted by Crippen LogP contribution is 2.34. The SMILES string of the molecule is Cc1c(OCc2cccc(-c3ccc(O)c(C(=O)O)c3)c2)ccc(C(=O)CC(C)(C)C)c1O. The number of ketones is 1. The van der Waals surface area contributed by atoms with E-state index in [9.17, 15) is 24.9 Å². The second-order valence-electron chi connectivity index (χ2n) is 9.27. The van der Waals surface area contributed by atoms with Crippen molar-refractivity contribution in [3.8, 4) is 28.4 Å². The monoisotopic (exact) mass is 448 g/mol. The first-order valence-corrected chi connectivity index (χ1v) is 10.6. The van der Waals surface area contributed by atoms with Gasteiger partial charge < -0.3 is 20.1 Å². The van der Waals surface area contributed by atoms with Crippen molar-refractivity contribution in [1.82, 2.24) is 0 Å². The molecule has 0 saturated carbocycles. The second kappa shape index (κ2) is 9.36. The van der Waals surface area contributed by atoms with Crippen LogP contribution in [-0.2, 0) is 6.61 Å². The van der Waals surface area contributed by atoms with Gasteiger partial charge in [-0.1, -0.05) is 45.0 Å². The molecular formula is C27H28O6. The fourth-order valence-corrected chi connectivity index (χ4v) is 3.53.